The van der Waals surface area contributed by atoms with E-state index in [1.165, 1.54) is 11.9 Å². The van der Waals surface area contributed by atoms with E-state index in [0.29, 0.717) is 0 Å². The van der Waals surface area contributed by atoms with Crippen LogP contribution in [0.2, 0.25) is 0 Å². The van der Waals surface area contributed by atoms with Crippen LogP contribution < -0.4 is 5.14 Å². The van der Waals surface area contributed by atoms with E-state index in [9.17, 15) is 0 Å². The predicted molar refractivity (Wildman–Crippen MR) is 43.5 cm³/mol. The molecule has 0 saturated carbocycles. The zero-order valence-corrected chi connectivity index (χ0v) is 6.52. The summed E-state index contributed by atoms with van der Waals surface area (Å²) in [4.78, 5) is 0.970. The maximum atomic E-state index is 5.35. The molecule has 1 rings (SSSR count). The molecule has 0 saturated heterocycles. The van der Waals surface area contributed by atoms with Crippen LogP contribution >= 0.6 is 11.9 Å². The molecule has 0 radical (unpaired) electrons. The Bertz CT molecular complexity index is 229. The maximum absolute atomic E-state index is 5.35. The highest BCUT2D eigenvalue weighted by atomic mass is 32.2. The zero-order chi connectivity index (χ0) is 7.40. The van der Waals surface area contributed by atoms with E-state index in [2.05, 4.69) is 0 Å². The van der Waals surface area contributed by atoms with Gasteiger partial charge in [-0.3, -0.25) is 5.14 Å². The molecule has 2 N–H and O–H groups in total. The molecule has 0 unspecified atom stereocenters. The molecule has 0 amide bonds. The average molecular weight is 155 g/mol. The quantitative estimate of drug-likeness (QED) is 0.666. The summed E-state index contributed by atoms with van der Waals surface area (Å²) in [5.41, 5.74) is 0. The van der Waals surface area contributed by atoms with Crippen molar-refractivity contribution in [3.8, 4) is 0 Å². The van der Waals surface area contributed by atoms with Crippen LogP contribution in [0.1, 0.15) is 12.7 Å². The zero-order valence-electron chi connectivity index (χ0n) is 5.70. The smallest absolute Gasteiger partial charge is 0.141 e. The Kier molecular flexibility index (Phi) is 2.59. The summed E-state index contributed by atoms with van der Waals surface area (Å²) >= 11 is 1.20. The molecule has 0 atom stereocenters. The highest BCUT2D eigenvalue weighted by molar-refractivity contribution is 7.97. The molecule has 1 aromatic rings. The van der Waals surface area contributed by atoms with E-state index in [1.54, 1.807) is 6.26 Å². The molecule has 0 aliphatic heterocycles. The minimum Gasteiger partial charge on any atom is -0.464 e. The molecular formula is C7H9NOS. The number of hydrogen-bond acceptors (Lipinski definition) is 3. The number of furan rings is 1. The van der Waals surface area contributed by atoms with Crippen LogP contribution in [0.5, 0.6) is 0 Å². The van der Waals surface area contributed by atoms with Gasteiger partial charge in [0.2, 0.25) is 0 Å². The summed E-state index contributed by atoms with van der Waals surface area (Å²) in [7, 11) is 0. The lowest BCUT2D eigenvalue weighted by atomic mass is 10.4. The van der Waals surface area contributed by atoms with E-state index in [0.717, 1.165) is 10.7 Å². The second kappa shape index (κ2) is 3.49. The first kappa shape index (κ1) is 7.44. The average Bonchev–Trinajstić information content (AvgIpc) is 2.36. The van der Waals surface area contributed by atoms with Gasteiger partial charge in [0, 0.05) is 0 Å². The first-order valence-electron chi connectivity index (χ1n) is 2.95. The topological polar surface area (TPSA) is 39.2 Å². The van der Waals surface area contributed by atoms with Crippen LogP contribution in [0.4, 0.5) is 0 Å². The summed E-state index contributed by atoms with van der Waals surface area (Å²) in [5, 5.41) is 5.35. The second-order valence-electron chi connectivity index (χ2n) is 1.77. The second-order valence-corrected chi connectivity index (χ2v) is 2.44. The summed E-state index contributed by atoms with van der Waals surface area (Å²) in [5.74, 6) is 0.829. The molecule has 0 aliphatic rings. The molecule has 3 heteroatoms. The van der Waals surface area contributed by atoms with Gasteiger partial charge in [0.15, 0.2) is 0 Å². The SMILES string of the molecule is C/C=C\c1occc1SN. The van der Waals surface area contributed by atoms with Crippen molar-refractivity contribution in [3.63, 3.8) is 0 Å². The Morgan fingerprint density at radius 1 is 1.70 bits per heavy atom. The fraction of sp³-hybridized carbons (Fsp3) is 0.143. The van der Waals surface area contributed by atoms with Crippen molar-refractivity contribution in [1.29, 1.82) is 0 Å². The molecule has 0 spiro atoms. The molecule has 2 nitrogen and oxygen atoms in total. The van der Waals surface area contributed by atoms with E-state index < -0.39 is 0 Å². The lowest BCUT2D eigenvalue weighted by Crippen LogP contribution is -1.77. The van der Waals surface area contributed by atoms with Gasteiger partial charge in [-0.2, -0.15) is 0 Å². The minimum atomic E-state index is 0.829. The Hall–Kier alpha value is -0.670. The number of rotatable bonds is 2. The summed E-state index contributed by atoms with van der Waals surface area (Å²) in [6.07, 6.45) is 5.43. The highest BCUT2D eigenvalue weighted by Gasteiger charge is 1.99. The van der Waals surface area contributed by atoms with Crippen LogP contribution in [-0.2, 0) is 0 Å². The number of hydrogen-bond donors (Lipinski definition) is 1. The Balaban J connectivity index is 2.90. The fourth-order valence-electron chi connectivity index (χ4n) is 0.679. The molecule has 1 aromatic heterocycles. The van der Waals surface area contributed by atoms with Gasteiger partial charge in [0.05, 0.1) is 11.2 Å². The molecule has 0 aromatic carbocycles. The third-order valence-electron chi connectivity index (χ3n) is 1.10. The summed E-state index contributed by atoms with van der Waals surface area (Å²) in [6.45, 7) is 1.94. The molecular weight excluding hydrogens is 146 g/mol. The Labute approximate surface area is 64.2 Å². The molecule has 54 valence electrons. The van der Waals surface area contributed by atoms with E-state index >= 15 is 0 Å². The standard InChI is InChI=1S/C7H9NOS/c1-2-3-6-7(10-8)4-5-9-6/h2-5H,8H2,1H3/b3-2-. The summed E-state index contributed by atoms with van der Waals surface area (Å²) < 4.78 is 5.11. The highest BCUT2D eigenvalue weighted by Crippen LogP contribution is 2.19. The lowest BCUT2D eigenvalue weighted by Gasteiger charge is -1.88. The van der Waals surface area contributed by atoms with E-state index in [4.69, 9.17) is 9.56 Å². The molecule has 0 aliphatic carbocycles. The van der Waals surface area contributed by atoms with Gasteiger partial charge in [0.1, 0.15) is 5.76 Å². The van der Waals surface area contributed by atoms with Crippen molar-refractivity contribution in [2.45, 2.75) is 11.8 Å². The van der Waals surface area contributed by atoms with Crippen molar-refractivity contribution in [3.05, 3.63) is 24.2 Å². The molecule has 0 fully saturated rings. The minimum absolute atomic E-state index is 0.829. The van der Waals surface area contributed by atoms with Crippen LogP contribution in [-0.4, -0.2) is 0 Å². The summed E-state index contributed by atoms with van der Waals surface area (Å²) in [6, 6.07) is 1.85. The van der Waals surface area contributed by atoms with Gasteiger partial charge in [-0.15, -0.1) is 0 Å². The first-order valence-corrected chi connectivity index (χ1v) is 3.83. The number of nitrogens with two attached hydrogens (primary N) is 1. The van der Waals surface area contributed by atoms with Crippen molar-refractivity contribution >= 4 is 18.0 Å². The van der Waals surface area contributed by atoms with Crippen LogP contribution in [0, 0.1) is 0 Å². The predicted octanol–water partition coefficient (Wildman–Crippen LogP) is 2.28. The monoisotopic (exact) mass is 155 g/mol. The Morgan fingerprint density at radius 2 is 2.50 bits per heavy atom. The van der Waals surface area contributed by atoms with E-state index in [1.807, 2.05) is 25.1 Å². The fourth-order valence-corrected chi connectivity index (χ4v) is 1.05. The Morgan fingerprint density at radius 3 is 3.10 bits per heavy atom. The lowest BCUT2D eigenvalue weighted by molar-refractivity contribution is 0.551. The third-order valence-corrected chi connectivity index (χ3v) is 1.69. The van der Waals surface area contributed by atoms with Crippen molar-refractivity contribution < 1.29 is 4.42 Å². The first-order chi connectivity index (χ1) is 4.88. The largest absolute Gasteiger partial charge is 0.464 e. The van der Waals surface area contributed by atoms with Crippen molar-refractivity contribution in [2.75, 3.05) is 0 Å². The normalized spacial score (nSPS) is 11.0. The van der Waals surface area contributed by atoms with Crippen molar-refractivity contribution in [2.24, 2.45) is 5.14 Å². The van der Waals surface area contributed by atoms with E-state index in [-0.39, 0.29) is 0 Å². The number of allylic oxidation sites excluding steroid dienone is 1. The van der Waals surface area contributed by atoms with Crippen molar-refractivity contribution in [1.82, 2.24) is 0 Å². The van der Waals surface area contributed by atoms with Gasteiger partial charge >= 0.3 is 0 Å². The van der Waals surface area contributed by atoms with Gasteiger partial charge in [-0.05, 0) is 31.0 Å². The third kappa shape index (κ3) is 1.43. The molecule has 0 bridgehead atoms. The van der Waals surface area contributed by atoms with Gasteiger partial charge < -0.3 is 4.42 Å². The molecule has 1 heterocycles. The van der Waals surface area contributed by atoms with Crippen LogP contribution in [0.3, 0.4) is 0 Å². The van der Waals surface area contributed by atoms with Gasteiger partial charge in [-0.25, -0.2) is 0 Å². The maximum Gasteiger partial charge on any atom is 0.141 e. The van der Waals surface area contributed by atoms with Crippen LogP contribution in [0.25, 0.3) is 6.08 Å². The van der Waals surface area contributed by atoms with Crippen LogP contribution in [0.15, 0.2) is 27.7 Å². The van der Waals surface area contributed by atoms with Gasteiger partial charge in [-0.1, -0.05) is 6.08 Å². The van der Waals surface area contributed by atoms with Gasteiger partial charge in [0.25, 0.3) is 0 Å². The molecule has 10 heavy (non-hydrogen) atoms.